The van der Waals surface area contributed by atoms with Crippen molar-refractivity contribution in [3.8, 4) is 0 Å². The Bertz CT molecular complexity index is 520. The zero-order chi connectivity index (χ0) is 15.1. The largest absolute Gasteiger partial charge is 0.342 e. The monoisotopic (exact) mass is 292 g/mol. The van der Waals surface area contributed by atoms with Crippen LogP contribution in [0.3, 0.4) is 0 Å². The molecule has 20 heavy (non-hydrogen) atoms. The van der Waals surface area contributed by atoms with E-state index in [4.69, 9.17) is 0 Å². The van der Waals surface area contributed by atoms with Gasteiger partial charge in [0.15, 0.2) is 0 Å². The molecule has 0 N–H and O–H groups in total. The van der Waals surface area contributed by atoms with Crippen LogP contribution in [0.25, 0.3) is 0 Å². The third kappa shape index (κ3) is 4.77. The standard InChI is InChI=1S/C14H20N4OS/c1-6-7-10(2)20-17-11(3)12-8-15-13(16-9-12)14(19)18(4)5/h7-9H,6H2,1-5H3/b10-7-,17-11+. The molecule has 6 heteroatoms. The summed E-state index contributed by atoms with van der Waals surface area (Å²) < 4.78 is 4.41. The van der Waals surface area contributed by atoms with Gasteiger partial charge in [-0.15, -0.1) is 0 Å². The van der Waals surface area contributed by atoms with E-state index in [0.717, 1.165) is 22.6 Å². The van der Waals surface area contributed by atoms with Crippen molar-refractivity contribution in [3.63, 3.8) is 0 Å². The number of carbonyl (C=O) groups excluding carboxylic acids is 1. The van der Waals surface area contributed by atoms with Gasteiger partial charge in [0, 0.05) is 48.9 Å². The van der Waals surface area contributed by atoms with Gasteiger partial charge in [-0.3, -0.25) is 4.79 Å². The summed E-state index contributed by atoms with van der Waals surface area (Å²) in [6.07, 6.45) is 6.37. The normalized spacial score (nSPS) is 12.4. The molecule has 1 aromatic rings. The van der Waals surface area contributed by atoms with Crippen LogP contribution in [0.1, 0.15) is 43.4 Å². The Hall–Kier alpha value is -1.69. The maximum Gasteiger partial charge on any atom is 0.291 e. The summed E-state index contributed by atoms with van der Waals surface area (Å²) in [5, 5.41) is 0. The smallest absolute Gasteiger partial charge is 0.291 e. The molecule has 0 fully saturated rings. The van der Waals surface area contributed by atoms with Crippen LogP contribution >= 0.6 is 11.9 Å². The minimum atomic E-state index is -0.206. The van der Waals surface area contributed by atoms with Crippen molar-refractivity contribution in [2.75, 3.05) is 14.1 Å². The molecular formula is C14H20N4OS. The average molecular weight is 292 g/mol. The first-order valence-electron chi connectivity index (χ1n) is 6.38. The summed E-state index contributed by atoms with van der Waals surface area (Å²) >= 11 is 1.44. The second kappa shape index (κ2) is 7.79. The van der Waals surface area contributed by atoms with E-state index in [1.165, 1.54) is 16.8 Å². The number of nitrogens with zero attached hydrogens (tertiary/aromatic N) is 4. The van der Waals surface area contributed by atoms with E-state index in [2.05, 4.69) is 27.4 Å². The van der Waals surface area contributed by atoms with E-state index >= 15 is 0 Å². The topological polar surface area (TPSA) is 58.5 Å². The van der Waals surface area contributed by atoms with Gasteiger partial charge in [0.1, 0.15) is 0 Å². The van der Waals surface area contributed by atoms with Gasteiger partial charge >= 0.3 is 0 Å². The highest BCUT2D eigenvalue weighted by atomic mass is 32.2. The summed E-state index contributed by atoms with van der Waals surface area (Å²) in [5.41, 5.74) is 1.65. The maximum atomic E-state index is 11.7. The van der Waals surface area contributed by atoms with Crippen LogP contribution in [0.15, 0.2) is 27.8 Å². The van der Waals surface area contributed by atoms with E-state index in [1.807, 2.05) is 13.8 Å². The lowest BCUT2D eigenvalue weighted by atomic mass is 10.2. The summed E-state index contributed by atoms with van der Waals surface area (Å²) in [6.45, 7) is 6.02. The van der Waals surface area contributed by atoms with Gasteiger partial charge in [-0.2, -0.15) is 0 Å². The predicted octanol–water partition coefficient (Wildman–Crippen LogP) is 2.95. The maximum absolute atomic E-state index is 11.7. The summed E-state index contributed by atoms with van der Waals surface area (Å²) in [7, 11) is 3.34. The quantitative estimate of drug-likeness (QED) is 0.618. The summed E-state index contributed by atoms with van der Waals surface area (Å²) in [5.74, 6) is -0.0106. The fourth-order valence-corrected chi connectivity index (χ4v) is 1.97. The number of carbonyl (C=O) groups is 1. The molecule has 0 unspecified atom stereocenters. The molecule has 0 aliphatic carbocycles. The molecule has 0 spiro atoms. The highest BCUT2D eigenvalue weighted by Crippen LogP contribution is 2.18. The molecule has 0 aliphatic heterocycles. The predicted molar refractivity (Wildman–Crippen MR) is 83.9 cm³/mol. The third-order valence-corrected chi connectivity index (χ3v) is 3.31. The molecule has 0 saturated carbocycles. The Kier molecular flexibility index (Phi) is 6.38. The molecule has 0 bridgehead atoms. The van der Waals surface area contributed by atoms with E-state index in [-0.39, 0.29) is 11.7 Å². The van der Waals surface area contributed by atoms with Crippen LogP contribution < -0.4 is 0 Å². The summed E-state index contributed by atoms with van der Waals surface area (Å²) in [6, 6.07) is 0. The van der Waals surface area contributed by atoms with Crippen LogP contribution in [0.5, 0.6) is 0 Å². The lowest BCUT2D eigenvalue weighted by molar-refractivity contribution is 0.0815. The number of hydrogen-bond acceptors (Lipinski definition) is 5. The Morgan fingerprint density at radius 2 is 1.95 bits per heavy atom. The van der Waals surface area contributed by atoms with Crippen molar-refractivity contribution >= 4 is 23.6 Å². The van der Waals surface area contributed by atoms with Gasteiger partial charge in [-0.1, -0.05) is 13.0 Å². The van der Waals surface area contributed by atoms with Crippen molar-refractivity contribution in [3.05, 3.63) is 34.8 Å². The number of amides is 1. The Labute approximate surface area is 124 Å². The number of hydrogen-bond donors (Lipinski definition) is 0. The molecule has 0 radical (unpaired) electrons. The molecule has 1 aromatic heterocycles. The minimum Gasteiger partial charge on any atom is -0.342 e. The van der Waals surface area contributed by atoms with Gasteiger partial charge in [-0.25, -0.2) is 14.4 Å². The Morgan fingerprint density at radius 1 is 1.35 bits per heavy atom. The summed E-state index contributed by atoms with van der Waals surface area (Å²) in [4.78, 5) is 22.4. The van der Waals surface area contributed by atoms with Crippen LogP contribution in [-0.2, 0) is 0 Å². The fraction of sp³-hybridized carbons (Fsp3) is 0.429. The van der Waals surface area contributed by atoms with Gasteiger partial charge in [0.05, 0.1) is 5.71 Å². The lowest BCUT2D eigenvalue weighted by Crippen LogP contribution is -2.24. The zero-order valence-corrected chi connectivity index (χ0v) is 13.4. The second-order valence-corrected chi connectivity index (χ2v) is 5.50. The SMILES string of the molecule is CC/C=C(/C)S/N=C(\C)c1cnc(C(=O)N(C)C)nc1. The first-order valence-corrected chi connectivity index (χ1v) is 7.15. The first kappa shape index (κ1) is 16.4. The van der Waals surface area contributed by atoms with Crippen LogP contribution in [0.2, 0.25) is 0 Å². The van der Waals surface area contributed by atoms with Crippen molar-refractivity contribution in [1.82, 2.24) is 14.9 Å². The lowest BCUT2D eigenvalue weighted by Gasteiger charge is -2.08. The number of allylic oxidation sites excluding steroid dienone is 2. The van der Waals surface area contributed by atoms with Gasteiger partial charge in [0.25, 0.3) is 5.91 Å². The van der Waals surface area contributed by atoms with Gasteiger partial charge in [-0.05, 0) is 20.3 Å². The molecule has 0 saturated heterocycles. The molecule has 0 atom stereocenters. The van der Waals surface area contributed by atoms with Gasteiger partial charge in [0.2, 0.25) is 5.82 Å². The van der Waals surface area contributed by atoms with Crippen molar-refractivity contribution in [2.24, 2.45) is 4.40 Å². The minimum absolute atomic E-state index is 0.196. The zero-order valence-electron chi connectivity index (χ0n) is 12.5. The van der Waals surface area contributed by atoms with Crippen LogP contribution in [0, 0.1) is 0 Å². The molecule has 5 nitrogen and oxygen atoms in total. The molecule has 1 heterocycles. The number of aromatic nitrogens is 2. The van der Waals surface area contributed by atoms with E-state index in [0.29, 0.717) is 0 Å². The molecule has 0 aliphatic rings. The Balaban J connectivity index is 2.80. The Morgan fingerprint density at radius 3 is 2.45 bits per heavy atom. The van der Waals surface area contributed by atoms with Crippen LogP contribution in [-0.4, -0.2) is 40.6 Å². The van der Waals surface area contributed by atoms with Crippen molar-refractivity contribution in [2.45, 2.75) is 27.2 Å². The fourth-order valence-electron chi connectivity index (χ4n) is 1.34. The molecule has 1 amide bonds. The molecule has 0 aromatic carbocycles. The van der Waals surface area contributed by atoms with E-state index in [9.17, 15) is 4.79 Å². The third-order valence-electron chi connectivity index (χ3n) is 2.49. The van der Waals surface area contributed by atoms with Crippen LogP contribution in [0.4, 0.5) is 0 Å². The highest BCUT2D eigenvalue weighted by Gasteiger charge is 2.11. The van der Waals surface area contributed by atoms with Crippen molar-refractivity contribution in [1.29, 1.82) is 0 Å². The van der Waals surface area contributed by atoms with E-state index in [1.54, 1.807) is 26.5 Å². The molecular weight excluding hydrogens is 272 g/mol. The highest BCUT2D eigenvalue weighted by molar-refractivity contribution is 8.01. The number of rotatable bonds is 5. The average Bonchev–Trinajstić information content (AvgIpc) is 2.44. The van der Waals surface area contributed by atoms with Crippen molar-refractivity contribution < 1.29 is 4.79 Å². The first-order chi connectivity index (χ1) is 9.45. The molecule has 108 valence electrons. The van der Waals surface area contributed by atoms with E-state index < -0.39 is 0 Å². The molecule has 1 rings (SSSR count). The van der Waals surface area contributed by atoms with Gasteiger partial charge < -0.3 is 4.90 Å². The second-order valence-electron chi connectivity index (χ2n) is 4.49.